The van der Waals surface area contributed by atoms with Crippen LogP contribution in [0.5, 0.6) is 0 Å². The lowest BCUT2D eigenvalue weighted by molar-refractivity contribution is -0.123. The first kappa shape index (κ1) is 24.6. The van der Waals surface area contributed by atoms with Gasteiger partial charge in [0.05, 0.1) is 0 Å². The molecule has 0 radical (unpaired) electrons. The average molecular weight is 499 g/mol. The zero-order valence-corrected chi connectivity index (χ0v) is 23.2. The van der Waals surface area contributed by atoms with Gasteiger partial charge in [0.1, 0.15) is 11.6 Å². The van der Waals surface area contributed by atoms with E-state index < -0.39 is 10.8 Å². The predicted molar refractivity (Wildman–Crippen MR) is 160 cm³/mol. The van der Waals surface area contributed by atoms with Gasteiger partial charge in [0.2, 0.25) is 0 Å². The van der Waals surface area contributed by atoms with Crippen molar-refractivity contribution in [1.82, 2.24) is 0 Å². The molecule has 0 saturated heterocycles. The molecular formula is C36H34O2. The van der Waals surface area contributed by atoms with Gasteiger partial charge >= 0.3 is 0 Å². The molecule has 0 N–H and O–H groups in total. The smallest absolute Gasteiger partial charge is 0.142 e. The average Bonchev–Trinajstić information content (AvgIpc) is 3.49. The Bertz CT molecular complexity index is 1630. The molecule has 0 bridgehead atoms. The lowest BCUT2D eigenvalue weighted by atomic mass is 9.76. The molecule has 0 amide bonds. The molecule has 2 aliphatic rings. The molecule has 4 aromatic carbocycles. The molecule has 2 aliphatic carbocycles. The van der Waals surface area contributed by atoms with E-state index >= 15 is 0 Å². The third kappa shape index (κ3) is 3.26. The van der Waals surface area contributed by atoms with Crippen molar-refractivity contribution >= 4 is 56.4 Å². The van der Waals surface area contributed by atoms with Crippen molar-refractivity contribution in [1.29, 1.82) is 0 Å². The van der Waals surface area contributed by atoms with Crippen molar-refractivity contribution in [3.63, 3.8) is 0 Å². The number of benzene rings is 4. The highest BCUT2D eigenvalue weighted by molar-refractivity contribution is 6.30. The fraction of sp³-hybridized carbons (Fsp3) is 0.278. The van der Waals surface area contributed by atoms with Gasteiger partial charge in [-0.15, -0.1) is 0 Å². The van der Waals surface area contributed by atoms with E-state index in [1.165, 1.54) is 43.8 Å². The zero-order chi connectivity index (χ0) is 27.0. The molecule has 0 saturated carbocycles. The molecule has 38 heavy (non-hydrogen) atoms. The molecule has 0 spiro atoms. The Labute approximate surface area is 225 Å². The van der Waals surface area contributed by atoms with Gasteiger partial charge in [-0.3, -0.25) is 9.59 Å². The van der Waals surface area contributed by atoms with Crippen LogP contribution in [0.4, 0.5) is 0 Å². The van der Waals surface area contributed by atoms with Crippen LogP contribution in [0.2, 0.25) is 0 Å². The number of carbonyl (C=O) groups is 2. The van der Waals surface area contributed by atoms with Crippen molar-refractivity contribution < 1.29 is 9.59 Å². The van der Waals surface area contributed by atoms with Gasteiger partial charge in [-0.05, 0) is 106 Å². The SMILES string of the molecule is CCC(=O)C(C)(C)c1ccc2cccc3c2c1C=C3C1=Cc2c(C(C)(C)C(=O)CC)ccc3cccc1c23. The third-order valence-electron chi connectivity index (χ3n) is 9.00. The molecule has 4 aromatic rings. The van der Waals surface area contributed by atoms with Crippen LogP contribution in [0, 0.1) is 0 Å². The Morgan fingerprint density at radius 2 is 0.974 bits per heavy atom. The maximum Gasteiger partial charge on any atom is 0.142 e. The Hall–Kier alpha value is -3.78. The fourth-order valence-electron chi connectivity index (χ4n) is 6.73. The molecule has 0 unspecified atom stereocenters. The monoisotopic (exact) mass is 498 g/mol. The van der Waals surface area contributed by atoms with E-state index in [0.717, 1.165) is 22.3 Å². The summed E-state index contributed by atoms with van der Waals surface area (Å²) >= 11 is 0. The van der Waals surface area contributed by atoms with Crippen LogP contribution in [0.3, 0.4) is 0 Å². The summed E-state index contributed by atoms with van der Waals surface area (Å²) in [6, 6.07) is 21.6. The van der Waals surface area contributed by atoms with E-state index in [9.17, 15) is 9.59 Å². The number of rotatable bonds is 7. The second-order valence-electron chi connectivity index (χ2n) is 11.8. The minimum absolute atomic E-state index is 0.247. The highest BCUT2D eigenvalue weighted by Crippen LogP contribution is 2.51. The summed E-state index contributed by atoms with van der Waals surface area (Å²) in [5.41, 5.74) is 8.15. The Kier molecular flexibility index (Phi) is 5.40. The zero-order valence-electron chi connectivity index (χ0n) is 23.2. The molecular weight excluding hydrogens is 464 g/mol. The Balaban J connectivity index is 1.61. The standard InChI is InChI=1S/C36H34O2/c1-7-31(37)35(3,4)29-17-15-21-11-9-13-23-25(19-27(29)33(21)23)26-20-28-30(36(5,6)32(38)8-2)18-16-22-12-10-14-24(26)34(22)28/h9-20H,7-8H2,1-6H3. The van der Waals surface area contributed by atoms with E-state index in [2.05, 4.69) is 101 Å². The van der Waals surface area contributed by atoms with Gasteiger partial charge < -0.3 is 0 Å². The van der Waals surface area contributed by atoms with Crippen LogP contribution in [0.1, 0.15) is 87.8 Å². The number of hydrogen-bond acceptors (Lipinski definition) is 2. The first-order valence-corrected chi connectivity index (χ1v) is 13.7. The van der Waals surface area contributed by atoms with Crippen LogP contribution in [-0.4, -0.2) is 11.6 Å². The summed E-state index contributed by atoms with van der Waals surface area (Å²) in [6.07, 6.45) is 5.63. The molecule has 0 atom stereocenters. The molecule has 6 rings (SSSR count). The minimum atomic E-state index is -0.567. The molecule has 0 aliphatic heterocycles. The van der Waals surface area contributed by atoms with E-state index in [0.29, 0.717) is 12.8 Å². The molecule has 2 heteroatoms. The summed E-state index contributed by atoms with van der Waals surface area (Å²) in [6.45, 7) is 12.1. The number of allylic oxidation sites excluding steroid dienone is 2. The van der Waals surface area contributed by atoms with Crippen LogP contribution in [0.15, 0.2) is 60.7 Å². The molecule has 0 fully saturated rings. The van der Waals surface area contributed by atoms with Crippen LogP contribution in [0.25, 0.3) is 44.8 Å². The first-order valence-electron chi connectivity index (χ1n) is 13.7. The topological polar surface area (TPSA) is 34.1 Å². The second kappa shape index (κ2) is 8.36. The van der Waals surface area contributed by atoms with Crippen molar-refractivity contribution in [2.75, 3.05) is 0 Å². The van der Waals surface area contributed by atoms with Crippen molar-refractivity contribution in [2.45, 2.75) is 65.2 Å². The van der Waals surface area contributed by atoms with Crippen molar-refractivity contribution in [2.24, 2.45) is 0 Å². The molecule has 0 heterocycles. The summed E-state index contributed by atoms with van der Waals surface area (Å²) in [5.74, 6) is 0.495. The molecule has 0 aromatic heterocycles. The number of ketones is 2. The normalized spacial score (nSPS) is 14.3. The van der Waals surface area contributed by atoms with E-state index in [1.54, 1.807) is 0 Å². The maximum atomic E-state index is 13.0. The maximum absolute atomic E-state index is 13.0. The summed E-state index contributed by atoms with van der Waals surface area (Å²) in [4.78, 5) is 26.0. The highest BCUT2D eigenvalue weighted by atomic mass is 16.1. The van der Waals surface area contributed by atoms with E-state index in [4.69, 9.17) is 0 Å². The number of hydrogen-bond donors (Lipinski definition) is 0. The lowest BCUT2D eigenvalue weighted by Gasteiger charge is -2.25. The third-order valence-corrected chi connectivity index (χ3v) is 9.00. The predicted octanol–water partition coefficient (Wildman–Crippen LogP) is 8.91. The Morgan fingerprint density at radius 1 is 0.579 bits per heavy atom. The largest absolute Gasteiger partial charge is 0.299 e. The van der Waals surface area contributed by atoms with Crippen LogP contribution >= 0.6 is 0 Å². The Morgan fingerprint density at radius 3 is 1.34 bits per heavy atom. The van der Waals surface area contributed by atoms with Crippen molar-refractivity contribution in [3.8, 4) is 0 Å². The second-order valence-corrected chi connectivity index (χ2v) is 11.8. The van der Waals surface area contributed by atoms with E-state index in [-0.39, 0.29) is 11.6 Å². The van der Waals surface area contributed by atoms with E-state index in [1.807, 2.05) is 13.8 Å². The van der Waals surface area contributed by atoms with Gasteiger partial charge in [-0.25, -0.2) is 0 Å². The minimum Gasteiger partial charge on any atom is -0.299 e. The van der Waals surface area contributed by atoms with Gasteiger partial charge in [0, 0.05) is 23.7 Å². The lowest BCUT2D eigenvalue weighted by Crippen LogP contribution is -2.29. The molecule has 190 valence electrons. The summed E-state index contributed by atoms with van der Waals surface area (Å²) in [7, 11) is 0. The van der Waals surface area contributed by atoms with Gasteiger partial charge in [-0.1, -0.05) is 74.5 Å². The highest BCUT2D eigenvalue weighted by Gasteiger charge is 2.36. The van der Waals surface area contributed by atoms with Crippen molar-refractivity contribution in [3.05, 3.63) is 94.0 Å². The number of carbonyl (C=O) groups excluding carboxylic acids is 2. The number of Topliss-reactive ketones (excluding diaryl/α,β-unsaturated/α-hetero) is 2. The van der Waals surface area contributed by atoms with Gasteiger partial charge in [0.15, 0.2) is 0 Å². The fourth-order valence-corrected chi connectivity index (χ4v) is 6.73. The summed E-state index contributed by atoms with van der Waals surface area (Å²) in [5, 5.41) is 4.83. The quantitative estimate of drug-likeness (QED) is 0.255. The van der Waals surface area contributed by atoms with Gasteiger partial charge in [-0.2, -0.15) is 0 Å². The molecule has 2 nitrogen and oxygen atoms in total. The van der Waals surface area contributed by atoms with Crippen LogP contribution < -0.4 is 0 Å². The van der Waals surface area contributed by atoms with Crippen LogP contribution in [-0.2, 0) is 20.4 Å². The summed E-state index contributed by atoms with van der Waals surface area (Å²) < 4.78 is 0. The van der Waals surface area contributed by atoms with Gasteiger partial charge in [0.25, 0.3) is 0 Å². The first-order chi connectivity index (χ1) is 18.1.